The minimum absolute atomic E-state index is 0.0992. The zero-order chi connectivity index (χ0) is 24.6. The van der Waals surface area contributed by atoms with Crippen LogP contribution in [0.15, 0.2) is 61.2 Å². The van der Waals surface area contributed by atoms with Crippen LogP contribution in [0, 0.1) is 11.8 Å². The van der Waals surface area contributed by atoms with Gasteiger partial charge in [-0.15, -0.1) is 6.58 Å². The molecule has 180 valence electrons. The first-order valence-corrected chi connectivity index (χ1v) is 12.2. The van der Waals surface area contributed by atoms with E-state index in [1.165, 1.54) is 11.2 Å². The van der Waals surface area contributed by atoms with E-state index in [1.54, 1.807) is 75.8 Å². The zero-order valence-electron chi connectivity index (χ0n) is 19.6. The van der Waals surface area contributed by atoms with Crippen LogP contribution in [-0.4, -0.2) is 43.3 Å². The smallest absolute Gasteiger partial charge is 0.307 e. The minimum atomic E-state index is -4.01. The minimum Gasteiger partial charge on any atom is -0.497 e. The van der Waals surface area contributed by atoms with Gasteiger partial charge >= 0.3 is 5.97 Å². The van der Waals surface area contributed by atoms with Crippen molar-refractivity contribution in [3.8, 4) is 11.5 Å². The zero-order valence-corrected chi connectivity index (χ0v) is 20.4. The van der Waals surface area contributed by atoms with Crippen LogP contribution in [0.25, 0.3) is 0 Å². The number of carboxylic acids is 1. The number of hydrogen-bond acceptors (Lipinski definition) is 5. The van der Waals surface area contributed by atoms with E-state index in [-0.39, 0.29) is 13.1 Å². The van der Waals surface area contributed by atoms with Crippen LogP contribution >= 0.6 is 0 Å². The van der Waals surface area contributed by atoms with E-state index in [4.69, 9.17) is 9.47 Å². The van der Waals surface area contributed by atoms with Gasteiger partial charge < -0.3 is 14.6 Å². The predicted octanol–water partition coefficient (Wildman–Crippen LogP) is 4.34. The second-order valence-corrected chi connectivity index (χ2v) is 10.2. The van der Waals surface area contributed by atoms with Crippen LogP contribution in [0.2, 0.25) is 0 Å². The van der Waals surface area contributed by atoms with Crippen LogP contribution in [0.5, 0.6) is 11.5 Å². The molecule has 1 N–H and O–H groups in total. The number of allylic oxidation sites excluding steroid dienone is 1. The molecule has 0 saturated heterocycles. The third kappa shape index (κ3) is 6.82. The molecule has 0 aliphatic carbocycles. The third-order valence-electron chi connectivity index (χ3n) is 5.72. The molecule has 2 rings (SSSR count). The maximum atomic E-state index is 13.9. The average molecular weight is 476 g/mol. The van der Waals surface area contributed by atoms with Crippen molar-refractivity contribution in [1.29, 1.82) is 0 Å². The van der Waals surface area contributed by atoms with Crippen LogP contribution in [0.3, 0.4) is 0 Å². The molecule has 2 aromatic rings. The number of sulfonamides is 1. The highest BCUT2D eigenvalue weighted by atomic mass is 32.2. The van der Waals surface area contributed by atoms with Gasteiger partial charge in [0.1, 0.15) is 11.5 Å². The normalized spacial score (nSPS) is 14.3. The van der Waals surface area contributed by atoms with E-state index in [9.17, 15) is 18.3 Å². The number of nitrogens with zero attached hydrogens (tertiary/aromatic N) is 1. The van der Waals surface area contributed by atoms with E-state index in [0.717, 1.165) is 11.1 Å². The van der Waals surface area contributed by atoms with E-state index in [0.29, 0.717) is 17.9 Å². The third-order valence-corrected chi connectivity index (χ3v) is 8.26. The van der Waals surface area contributed by atoms with Gasteiger partial charge in [-0.05, 0) is 47.7 Å². The Morgan fingerprint density at radius 2 is 1.39 bits per heavy atom. The van der Waals surface area contributed by atoms with E-state index in [2.05, 4.69) is 6.58 Å². The number of methoxy groups -OCH3 is 2. The summed E-state index contributed by atoms with van der Waals surface area (Å²) in [7, 11) is -0.887. The molecule has 0 heterocycles. The molecule has 7 nitrogen and oxygen atoms in total. The van der Waals surface area contributed by atoms with Gasteiger partial charge in [-0.2, -0.15) is 4.31 Å². The standard InChI is InChI=1S/C25H33NO6S/c1-6-7-18(2)24(19(3)25(27)28)33(29,30)26(16-20-8-12-22(31-4)13-9-20)17-21-10-14-23(32-5)15-11-21/h6,8-15,18-19,24H,1,7,16-17H2,2-5H3,(H,27,28)/t18-,19?,24-/m0/s1. The van der Waals surface area contributed by atoms with Gasteiger partial charge in [0.2, 0.25) is 10.0 Å². The summed E-state index contributed by atoms with van der Waals surface area (Å²) in [5.41, 5.74) is 1.54. The van der Waals surface area contributed by atoms with Crippen molar-refractivity contribution in [2.24, 2.45) is 11.8 Å². The first-order chi connectivity index (χ1) is 15.6. The van der Waals surface area contributed by atoms with Gasteiger partial charge in [-0.3, -0.25) is 4.79 Å². The molecule has 33 heavy (non-hydrogen) atoms. The number of aliphatic carboxylic acids is 1. The predicted molar refractivity (Wildman–Crippen MR) is 129 cm³/mol. The van der Waals surface area contributed by atoms with Crippen LogP contribution in [0.1, 0.15) is 31.4 Å². The largest absolute Gasteiger partial charge is 0.497 e. The topological polar surface area (TPSA) is 93.1 Å². The lowest BCUT2D eigenvalue weighted by atomic mass is 9.94. The Balaban J connectivity index is 2.49. The van der Waals surface area contributed by atoms with Gasteiger partial charge in [0.05, 0.1) is 25.4 Å². The molecule has 0 radical (unpaired) electrons. The van der Waals surface area contributed by atoms with Crippen LogP contribution < -0.4 is 9.47 Å². The van der Waals surface area contributed by atoms with Gasteiger partial charge in [0.25, 0.3) is 0 Å². The summed E-state index contributed by atoms with van der Waals surface area (Å²) in [5, 5.41) is 8.57. The SMILES string of the molecule is C=CC[C@H](C)[C@@H](C(C)C(=O)O)S(=O)(=O)N(Cc1ccc(OC)cc1)Cc1ccc(OC)cc1. The molecular weight excluding hydrogens is 442 g/mol. The monoisotopic (exact) mass is 475 g/mol. The number of ether oxygens (including phenoxy) is 2. The van der Waals surface area contributed by atoms with Crippen molar-refractivity contribution in [2.45, 2.75) is 38.6 Å². The lowest BCUT2D eigenvalue weighted by Gasteiger charge is -2.33. The first kappa shape index (κ1) is 26.4. The highest BCUT2D eigenvalue weighted by Crippen LogP contribution is 2.30. The first-order valence-electron chi connectivity index (χ1n) is 10.7. The maximum Gasteiger partial charge on any atom is 0.307 e. The summed E-state index contributed by atoms with van der Waals surface area (Å²) in [6.07, 6.45) is 2.01. The molecule has 2 aromatic carbocycles. The van der Waals surface area contributed by atoms with E-state index in [1.807, 2.05) is 0 Å². The van der Waals surface area contributed by atoms with Gasteiger partial charge in [-0.1, -0.05) is 44.2 Å². The highest BCUT2D eigenvalue weighted by molar-refractivity contribution is 7.89. The summed E-state index contributed by atoms with van der Waals surface area (Å²) in [6.45, 7) is 7.10. The van der Waals surface area contributed by atoms with Gasteiger partial charge in [-0.25, -0.2) is 8.42 Å². The van der Waals surface area contributed by atoms with E-state index >= 15 is 0 Å². The van der Waals surface area contributed by atoms with Gasteiger partial charge in [0, 0.05) is 13.1 Å². The number of hydrogen-bond donors (Lipinski definition) is 1. The summed E-state index contributed by atoms with van der Waals surface area (Å²) in [6, 6.07) is 14.3. The molecule has 8 heteroatoms. The lowest BCUT2D eigenvalue weighted by Crippen LogP contribution is -2.46. The molecule has 0 bridgehead atoms. The molecule has 0 spiro atoms. The molecular formula is C25H33NO6S. The summed E-state index contributed by atoms with van der Waals surface area (Å²) < 4.78 is 39.6. The number of rotatable bonds is 13. The molecule has 0 saturated carbocycles. The highest BCUT2D eigenvalue weighted by Gasteiger charge is 2.42. The Labute approximate surface area is 196 Å². The van der Waals surface area contributed by atoms with Gasteiger partial charge in [0.15, 0.2) is 0 Å². The number of carbonyl (C=O) groups is 1. The maximum absolute atomic E-state index is 13.9. The summed E-state index contributed by atoms with van der Waals surface area (Å²) in [5.74, 6) is -1.32. The van der Waals surface area contributed by atoms with Crippen LogP contribution in [-0.2, 0) is 27.9 Å². The summed E-state index contributed by atoms with van der Waals surface area (Å²) in [4.78, 5) is 11.8. The molecule has 0 aromatic heterocycles. The lowest BCUT2D eigenvalue weighted by molar-refractivity contribution is -0.141. The second kappa shape index (κ2) is 11.9. The fourth-order valence-electron chi connectivity index (χ4n) is 3.86. The second-order valence-electron chi connectivity index (χ2n) is 8.10. The average Bonchev–Trinajstić information content (AvgIpc) is 2.79. The van der Waals surface area contributed by atoms with Crippen molar-refractivity contribution in [2.75, 3.05) is 14.2 Å². The van der Waals surface area contributed by atoms with E-state index < -0.39 is 33.1 Å². The Kier molecular flexibility index (Phi) is 9.49. The Morgan fingerprint density at radius 1 is 0.970 bits per heavy atom. The number of benzene rings is 2. The fourth-order valence-corrected chi connectivity index (χ4v) is 6.19. The van der Waals surface area contributed by atoms with Crippen LogP contribution in [0.4, 0.5) is 0 Å². The van der Waals surface area contributed by atoms with Crippen molar-refractivity contribution >= 4 is 16.0 Å². The molecule has 0 aliphatic heterocycles. The molecule has 3 atom stereocenters. The Bertz CT molecular complexity index is 968. The van der Waals surface area contributed by atoms with Crippen molar-refractivity contribution < 1.29 is 27.8 Å². The molecule has 1 unspecified atom stereocenters. The van der Waals surface area contributed by atoms with Crippen molar-refractivity contribution in [1.82, 2.24) is 4.31 Å². The number of carboxylic acid groups (broad SMARTS) is 1. The Hall–Kier alpha value is -2.84. The van der Waals surface area contributed by atoms with Crippen molar-refractivity contribution in [3.05, 3.63) is 72.3 Å². The Morgan fingerprint density at radius 3 is 1.73 bits per heavy atom. The molecule has 0 aliphatic rings. The molecule has 0 fully saturated rings. The summed E-state index contributed by atoms with van der Waals surface area (Å²) >= 11 is 0. The molecule has 0 amide bonds. The quantitative estimate of drug-likeness (QED) is 0.433. The van der Waals surface area contributed by atoms with Crippen molar-refractivity contribution in [3.63, 3.8) is 0 Å². The fraction of sp³-hybridized carbons (Fsp3) is 0.400.